The summed E-state index contributed by atoms with van der Waals surface area (Å²) in [6, 6.07) is 10.9. The van der Waals surface area contributed by atoms with E-state index in [0.29, 0.717) is 18.5 Å². The number of aromatic nitrogens is 1. The number of piperidine rings is 1. The average molecular weight is 412 g/mol. The first-order valence-electron chi connectivity index (χ1n) is 10.1. The van der Waals surface area contributed by atoms with Gasteiger partial charge in [-0.1, -0.05) is 12.1 Å². The molecular weight excluding hydrogens is 386 g/mol. The van der Waals surface area contributed by atoms with Crippen LogP contribution in [-0.2, 0) is 11.2 Å². The smallest absolute Gasteiger partial charge is 0.236 e. The molecule has 4 nitrogen and oxygen atoms in total. The van der Waals surface area contributed by atoms with Crippen molar-refractivity contribution in [3.8, 4) is 0 Å². The van der Waals surface area contributed by atoms with Gasteiger partial charge in [-0.3, -0.25) is 9.69 Å². The molecule has 2 aliphatic rings. The molecule has 2 aliphatic heterocycles. The Balaban J connectivity index is 1.19. The van der Waals surface area contributed by atoms with Gasteiger partial charge < -0.3 is 4.90 Å². The molecule has 2 aromatic heterocycles. The van der Waals surface area contributed by atoms with Crippen LogP contribution in [0.2, 0.25) is 0 Å². The summed E-state index contributed by atoms with van der Waals surface area (Å²) in [5.41, 5.74) is 2.52. The van der Waals surface area contributed by atoms with Crippen LogP contribution < -0.4 is 0 Å². The lowest BCUT2D eigenvalue weighted by Gasteiger charge is -2.36. The summed E-state index contributed by atoms with van der Waals surface area (Å²) in [7, 11) is 0. The van der Waals surface area contributed by atoms with Crippen LogP contribution in [0.1, 0.15) is 47.2 Å². The fraction of sp³-hybridized carbons (Fsp3) is 0.455. The first kappa shape index (κ1) is 18.3. The van der Waals surface area contributed by atoms with Crippen LogP contribution in [0, 0.1) is 0 Å². The van der Waals surface area contributed by atoms with E-state index in [1.54, 1.807) is 0 Å². The quantitative estimate of drug-likeness (QED) is 0.628. The fourth-order valence-corrected chi connectivity index (χ4v) is 6.59. The third-order valence-electron chi connectivity index (χ3n) is 6.25. The van der Waals surface area contributed by atoms with E-state index in [0.717, 1.165) is 44.4 Å². The van der Waals surface area contributed by atoms with Crippen molar-refractivity contribution in [1.82, 2.24) is 14.8 Å². The lowest BCUT2D eigenvalue weighted by Crippen LogP contribution is -2.45. The number of hydrogen-bond donors (Lipinski definition) is 0. The third-order valence-corrected chi connectivity index (χ3v) is 8.44. The Bertz CT molecular complexity index is 954. The van der Waals surface area contributed by atoms with E-state index in [9.17, 15) is 4.79 Å². The molecule has 4 heterocycles. The SMILES string of the molecule is C[C@H]1c2ccsc2CCN1CC(=O)N1CCC(c2nc3ccccc3s2)CC1. The molecule has 0 spiro atoms. The first-order valence-corrected chi connectivity index (χ1v) is 11.8. The van der Waals surface area contributed by atoms with Crippen LogP contribution in [0.4, 0.5) is 0 Å². The number of carbonyl (C=O) groups is 1. The molecule has 0 saturated carbocycles. The van der Waals surface area contributed by atoms with E-state index < -0.39 is 0 Å². The van der Waals surface area contributed by atoms with E-state index in [4.69, 9.17) is 4.98 Å². The molecule has 28 heavy (non-hydrogen) atoms. The highest BCUT2D eigenvalue weighted by atomic mass is 32.1. The van der Waals surface area contributed by atoms with Crippen molar-refractivity contribution in [2.45, 2.75) is 38.1 Å². The van der Waals surface area contributed by atoms with Crippen LogP contribution >= 0.6 is 22.7 Å². The summed E-state index contributed by atoms with van der Waals surface area (Å²) in [5.74, 6) is 0.775. The van der Waals surface area contributed by atoms with Crippen molar-refractivity contribution in [2.24, 2.45) is 0 Å². The minimum absolute atomic E-state index is 0.285. The highest BCUT2D eigenvalue weighted by molar-refractivity contribution is 7.18. The van der Waals surface area contributed by atoms with Crippen molar-refractivity contribution in [1.29, 1.82) is 0 Å². The minimum atomic E-state index is 0.285. The third kappa shape index (κ3) is 3.38. The zero-order valence-corrected chi connectivity index (χ0v) is 17.8. The summed E-state index contributed by atoms with van der Waals surface area (Å²) in [4.78, 5) is 23.7. The Morgan fingerprint density at radius 3 is 2.82 bits per heavy atom. The summed E-state index contributed by atoms with van der Waals surface area (Å²) in [5, 5.41) is 3.42. The number of likely N-dealkylation sites (tertiary alicyclic amines) is 1. The van der Waals surface area contributed by atoms with Gasteiger partial charge in [-0.2, -0.15) is 0 Å². The maximum absolute atomic E-state index is 12.9. The van der Waals surface area contributed by atoms with Crippen molar-refractivity contribution in [3.05, 3.63) is 51.2 Å². The Morgan fingerprint density at radius 2 is 2.00 bits per heavy atom. The Hall–Kier alpha value is -1.76. The number of thiophene rings is 1. The molecule has 0 N–H and O–H groups in total. The van der Waals surface area contributed by atoms with E-state index in [2.05, 4.69) is 46.4 Å². The van der Waals surface area contributed by atoms with Gasteiger partial charge in [0, 0.05) is 36.5 Å². The molecule has 0 aliphatic carbocycles. The Morgan fingerprint density at radius 1 is 1.18 bits per heavy atom. The van der Waals surface area contributed by atoms with Crippen molar-refractivity contribution >= 4 is 38.8 Å². The average Bonchev–Trinajstić information content (AvgIpc) is 3.37. The number of thiazole rings is 1. The molecule has 1 atom stereocenters. The maximum atomic E-state index is 12.9. The van der Waals surface area contributed by atoms with Gasteiger partial charge in [0.05, 0.1) is 21.8 Å². The first-order chi connectivity index (χ1) is 13.7. The van der Waals surface area contributed by atoms with Crippen LogP contribution in [0.5, 0.6) is 0 Å². The number of amides is 1. The second-order valence-corrected chi connectivity index (χ2v) is 9.93. The predicted octanol–water partition coefficient (Wildman–Crippen LogP) is 4.68. The van der Waals surface area contributed by atoms with Crippen molar-refractivity contribution in [2.75, 3.05) is 26.2 Å². The Labute approximate surface area is 173 Å². The highest BCUT2D eigenvalue weighted by Crippen LogP contribution is 2.35. The monoisotopic (exact) mass is 411 g/mol. The second-order valence-electron chi connectivity index (χ2n) is 7.87. The Kier molecular flexibility index (Phi) is 4.95. The summed E-state index contributed by atoms with van der Waals surface area (Å²) in [6.07, 6.45) is 3.12. The van der Waals surface area contributed by atoms with Crippen LogP contribution in [0.25, 0.3) is 10.2 Å². The second kappa shape index (κ2) is 7.58. The van der Waals surface area contributed by atoms with Crippen molar-refractivity contribution < 1.29 is 4.79 Å². The maximum Gasteiger partial charge on any atom is 0.236 e. The molecule has 146 valence electrons. The molecule has 0 radical (unpaired) electrons. The summed E-state index contributed by atoms with van der Waals surface area (Å²) >= 11 is 3.67. The van der Waals surface area contributed by atoms with Gasteiger partial charge in [-0.05, 0) is 55.3 Å². The summed E-state index contributed by atoms with van der Waals surface area (Å²) in [6.45, 7) is 5.47. The zero-order chi connectivity index (χ0) is 19.1. The zero-order valence-electron chi connectivity index (χ0n) is 16.1. The van der Waals surface area contributed by atoms with E-state index in [-0.39, 0.29) is 5.91 Å². The number of hydrogen-bond acceptors (Lipinski definition) is 5. The highest BCUT2D eigenvalue weighted by Gasteiger charge is 2.30. The molecular formula is C22H25N3OS2. The number of benzene rings is 1. The molecule has 0 unspecified atom stereocenters. The van der Waals surface area contributed by atoms with Gasteiger partial charge in [-0.25, -0.2) is 4.98 Å². The molecule has 6 heteroatoms. The largest absolute Gasteiger partial charge is 0.342 e. The molecule has 1 aromatic carbocycles. The lowest BCUT2D eigenvalue weighted by molar-refractivity contribution is -0.134. The van der Waals surface area contributed by atoms with Crippen LogP contribution in [0.15, 0.2) is 35.7 Å². The van der Waals surface area contributed by atoms with Gasteiger partial charge >= 0.3 is 0 Å². The number of nitrogens with zero attached hydrogens (tertiary/aromatic N) is 3. The summed E-state index contributed by atoms with van der Waals surface area (Å²) < 4.78 is 1.27. The molecule has 1 fully saturated rings. The van der Waals surface area contributed by atoms with Gasteiger partial charge in [0.25, 0.3) is 0 Å². The minimum Gasteiger partial charge on any atom is -0.342 e. The topological polar surface area (TPSA) is 36.4 Å². The van der Waals surface area contributed by atoms with E-state index in [1.807, 2.05) is 28.7 Å². The normalized spacial score (nSPS) is 21.2. The van der Waals surface area contributed by atoms with Gasteiger partial charge in [0.2, 0.25) is 5.91 Å². The number of para-hydroxylation sites is 1. The fourth-order valence-electron chi connectivity index (χ4n) is 4.49. The number of carbonyl (C=O) groups excluding carboxylic acids is 1. The van der Waals surface area contributed by atoms with E-state index in [1.165, 1.54) is 20.1 Å². The number of fused-ring (bicyclic) bond motifs is 2. The standard InChI is InChI=1S/C22H25N3OS2/c1-15-17-9-13-27-19(17)8-12-25(15)14-21(26)24-10-6-16(7-11-24)22-23-18-4-2-3-5-20(18)28-22/h2-5,9,13,15-16H,6-8,10-12,14H2,1H3/t15-/m0/s1. The van der Waals surface area contributed by atoms with Crippen LogP contribution in [-0.4, -0.2) is 46.9 Å². The van der Waals surface area contributed by atoms with Crippen LogP contribution in [0.3, 0.4) is 0 Å². The van der Waals surface area contributed by atoms with Crippen molar-refractivity contribution in [3.63, 3.8) is 0 Å². The van der Waals surface area contributed by atoms with Gasteiger partial charge in [-0.15, -0.1) is 22.7 Å². The molecule has 1 saturated heterocycles. The molecule has 1 amide bonds. The van der Waals surface area contributed by atoms with Gasteiger partial charge in [0.15, 0.2) is 0 Å². The molecule has 0 bridgehead atoms. The van der Waals surface area contributed by atoms with E-state index >= 15 is 0 Å². The molecule has 3 aromatic rings. The number of rotatable bonds is 3. The predicted molar refractivity (Wildman–Crippen MR) is 116 cm³/mol. The molecule has 5 rings (SSSR count). The lowest BCUT2D eigenvalue weighted by atomic mass is 9.97. The van der Waals surface area contributed by atoms with Gasteiger partial charge in [0.1, 0.15) is 0 Å².